The largest absolute Gasteiger partial charge is 0.497 e. The molecule has 2 aliphatic rings. The average molecular weight is 349 g/mol. The van der Waals surface area contributed by atoms with Crippen LogP contribution in [0.4, 0.5) is 0 Å². The minimum Gasteiger partial charge on any atom is -0.497 e. The summed E-state index contributed by atoms with van der Waals surface area (Å²) in [6.45, 7) is 4.99. The van der Waals surface area contributed by atoms with Crippen LogP contribution in [0.1, 0.15) is 24.8 Å². The molecule has 26 heavy (non-hydrogen) atoms. The Morgan fingerprint density at radius 1 is 1.35 bits per heavy atom. The van der Waals surface area contributed by atoms with Gasteiger partial charge in [0.15, 0.2) is 0 Å². The van der Waals surface area contributed by atoms with Crippen molar-refractivity contribution in [2.45, 2.75) is 25.8 Å². The standard InChI is InChI=1S/C23H27NO2/c1-4-6-7-21-18-10-11-19(15-18)22(21)23(25)24(14-5-2)16-17-8-12-20(26-3)13-9-17/h1,5,8-13,18-19,21-22H,2,6-7,14-16H2,3H3/t18-,19+,21+,22+/m0/s1. The Morgan fingerprint density at radius 3 is 2.73 bits per heavy atom. The lowest BCUT2D eigenvalue weighted by molar-refractivity contribution is -0.138. The van der Waals surface area contributed by atoms with Crippen LogP contribution in [0.3, 0.4) is 0 Å². The molecule has 0 saturated heterocycles. The number of rotatable bonds is 8. The van der Waals surface area contributed by atoms with Crippen molar-refractivity contribution in [2.75, 3.05) is 13.7 Å². The van der Waals surface area contributed by atoms with E-state index < -0.39 is 0 Å². The molecule has 0 aromatic heterocycles. The van der Waals surface area contributed by atoms with Crippen LogP contribution in [0, 0.1) is 36.0 Å². The Morgan fingerprint density at radius 2 is 2.08 bits per heavy atom. The van der Waals surface area contributed by atoms with E-state index in [0.717, 1.165) is 30.6 Å². The number of allylic oxidation sites excluding steroid dienone is 2. The lowest BCUT2D eigenvalue weighted by atomic mass is 9.79. The predicted octanol–water partition coefficient (Wildman–Crippen LogP) is 4.06. The van der Waals surface area contributed by atoms with Gasteiger partial charge in [0.05, 0.1) is 7.11 Å². The van der Waals surface area contributed by atoms with Crippen molar-refractivity contribution in [1.82, 2.24) is 4.90 Å². The van der Waals surface area contributed by atoms with Crippen LogP contribution in [0.25, 0.3) is 0 Å². The van der Waals surface area contributed by atoms with E-state index in [-0.39, 0.29) is 11.8 Å². The number of hydrogen-bond acceptors (Lipinski definition) is 2. The highest BCUT2D eigenvalue weighted by Gasteiger charge is 2.48. The van der Waals surface area contributed by atoms with Crippen LogP contribution in [0.2, 0.25) is 0 Å². The van der Waals surface area contributed by atoms with Crippen LogP contribution in [-0.4, -0.2) is 24.5 Å². The molecule has 0 N–H and O–H groups in total. The molecule has 1 fully saturated rings. The molecular weight excluding hydrogens is 322 g/mol. The number of nitrogens with zero attached hydrogens (tertiary/aromatic N) is 1. The van der Waals surface area contributed by atoms with Gasteiger partial charge in [0.1, 0.15) is 5.75 Å². The molecule has 4 atom stereocenters. The van der Waals surface area contributed by atoms with Gasteiger partial charge in [-0.2, -0.15) is 0 Å². The van der Waals surface area contributed by atoms with Crippen molar-refractivity contribution in [3.63, 3.8) is 0 Å². The number of fused-ring (bicyclic) bond motifs is 2. The zero-order valence-electron chi connectivity index (χ0n) is 15.4. The minimum absolute atomic E-state index is 0.0524. The van der Waals surface area contributed by atoms with Gasteiger partial charge in [-0.1, -0.05) is 30.4 Å². The Balaban J connectivity index is 1.75. The summed E-state index contributed by atoms with van der Waals surface area (Å²) in [6, 6.07) is 7.89. The second-order valence-electron chi connectivity index (χ2n) is 7.24. The molecule has 0 spiro atoms. The topological polar surface area (TPSA) is 29.5 Å². The fraction of sp³-hybridized carbons (Fsp3) is 0.435. The number of hydrogen-bond donors (Lipinski definition) is 0. The summed E-state index contributed by atoms with van der Waals surface area (Å²) in [6.07, 6.45) is 14.6. The van der Waals surface area contributed by atoms with Crippen molar-refractivity contribution >= 4 is 5.91 Å². The van der Waals surface area contributed by atoms with Gasteiger partial charge in [0, 0.05) is 25.4 Å². The summed E-state index contributed by atoms with van der Waals surface area (Å²) >= 11 is 0. The lowest BCUT2D eigenvalue weighted by Gasteiger charge is -2.32. The fourth-order valence-electron chi connectivity index (χ4n) is 4.48. The number of amides is 1. The molecule has 0 radical (unpaired) electrons. The van der Waals surface area contributed by atoms with E-state index in [2.05, 4.69) is 24.7 Å². The van der Waals surface area contributed by atoms with Crippen LogP contribution in [-0.2, 0) is 11.3 Å². The molecule has 1 amide bonds. The predicted molar refractivity (Wildman–Crippen MR) is 104 cm³/mol. The summed E-state index contributed by atoms with van der Waals surface area (Å²) in [5, 5.41) is 0. The molecule has 136 valence electrons. The molecule has 0 heterocycles. The number of carbonyl (C=O) groups is 1. The van der Waals surface area contributed by atoms with E-state index >= 15 is 0 Å². The molecule has 3 heteroatoms. The van der Waals surface area contributed by atoms with Crippen molar-refractivity contribution in [3.8, 4) is 18.1 Å². The van der Waals surface area contributed by atoms with E-state index in [0.29, 0.717) is 30.8 Å². The second kappa shape index (κ2) is 8.27. The number of ether oxygens (including phenoxy) is 1. The van der Waals surface area contributed by atoms with Gasteiger partial charge in [-0.05, 0) is 48.3 Å². The highest BCUT2D eigenvalue weighted by Crippen LogP contribution is 2.50. The summed E-state index contributed by atoms with van der Waals surface area (Å²) in [4.78, 5) is 15.3. The Labute approximate surface area is 156 Å². The summed E-state index contributed by atoms with van der Waals surface area (Å²) in [5.41, 5.74) is 1.10. The first-order valence-corrected chi connectivity index (χ1v) is 9.32. The van der Waals surface area contributed by atoms with E-state index in [1.165, 1.54) is 0 Å². The second-order valence-corrected chi connectivity index (χ2v) is 7.24. The van der Waals surface area contributed by atoms with Crippen LogP contribution < -0.4 is 4.74 Å². The van der Waals surface area contributed by atoms with Crippen molar-refractivity contribution < 1.29 is 9.53 Å². The third-order valence-corrected chi connectivity index (χ3v) is 5.72. The molecule has 1 aromatic carbocycles. The zero-order valence-corrected chi connectivity index (χ0v) is 15.4. The van der Waals surface area contributed by atoms with Crippen LogP contribution in [0.15, 0.2) is 49.1 Å². The molecular formula is C23H27NO2. The first-order valence-electron chi connectivity index (χ1n) is 9.32. The third kappa shape index (κ3) is 3.70. The van der Waals surface area contributed by atoms with Crippen LogP contribution >= 0.6 is 0 Å². The maximum atomic E-state index is 13.4. The van der Waals surface area contributed by atoms with Crippen molar-refractivity contribution in [3.05, 3.63) is 54.6 Å². The number of terminal acetylenes is 1. The smallest absolute Gasteiger partial charge is 0.227 e. The lowest BCUT2D eigenvalue weighted by Crippen LogP contribution is -2.40. The van der Waals surface area contributed by atoms with Gasteiger partial charge in [-0.3, -0.25) is 4.79 Å². The molecule has 3 rings (SSSR count). The summed E-state index contributed by atoms with van der Waals surface area (Å²) in [7, 11) is 1.65. The molecule has 0 unspecified atom stereocenters. The molecule has 3 nitrogen and oxygen atoms in total. The Hall–Kier alpha value is -2.47. The van der Waals surface area contributed by atoms with Gasteiger partial charge < -0.3 is 9.64 Å². The van der Waals surface area contributed by atoms with Gasteiger partial charge in [-0.25, -0.2) is 0 Å². The monoisotopic (exact) mass is 349 g/mol. The SMILES string of the molecule is C#CCC[C@H]1[C@H](C(=O)N(CC=C)Cc2ccc(OC)cc2)[C@@H]2C=C[C@H]1C2. The third-order valence-electron chi connectivity index (χ3n) is 5.72. The molecule has 1 aromatic rings. The maximum absolute atomic E-state index is 13.4. The van der Waals surface area contributed by atoms with Crippen LogP contribution in [0.5, 0.6) is 5.75 Å². The fourth-order valence-corrected chi connectivity index (χ4v) is 4.48. The summed E-state index contributed by atoms with van der Waals surface area (Å²) in [5.74, 6) is 5.09. The highest BCUT2D eigenvalue weighted by atomic mass is 16.5. The van der Waals surface area contributed by atoms with E-state index in [9.17, 15) is 4.79 Å². The zero-order chi connectivity index (χ0) is 18.5. The number of methoxy groups -OCH3 is 1. The average Bonchev–Trinajstić information content (AvgIpc) is 3.27. The molecule has 2 aliphatic carbocycles. The summed E-state index contributed by atoms with van der Waals surface area (Å²) < 4.78 is 5.21. The van der Waals surface area contributed by atoms with E-state index in [1.807, 2.05) is 29.2 Å². The molecule has 1 saturated carbocycles. The normalized spacial score (nSPS) is 25.7. The Kier molecular flexibility index (Phi) is 5.83. The van der Waals surface area contributed by atoms with Crippen molar-refractivity contribution in [1.29, 1.82) is 0 Å². The number of carbonyl (C=O) groups excluding carboxylic acids is 1. The van der Waals surface area contributed by atoms with Gasteiger partial charge in [-0.15, -0.1) is 18.9 Å². The maximum Gasteiger partial charge on any atom is 0.227 e. The molecule has 0 aliphatic heterocycles. The quantitative estimate of drug-likeness (QED) is 0.523. The Bertz CT molecular complexity index is 713. The van der Waals surface area contributed by atoms with Gasteiger partial charge in [0.2, 0.25) is 5.91 Å². The first kappa shape index (κ1) is 18.3. The van der Waals surface area contributed by atoms with Gasteiger partial charge >= 0.3 is 0 Å². The highest BCUT2D eigenvalue weighted by molar-refractivity contribution is 5.80. The van der Waals surface area contributed by atoms with E-state index in [4.69, 9.17) is 11.2 Å². The molecule has 2 bridgehead atoms. The van der Waals surface area contributed by atoms with Gasteiger partial charge in [0.25, 0.3) is 0 Å². The number of benzene rings is 1. The van der Waals surface area contributed by atoms with Crippen molar-refractivity contribution in [2.24, 2.45) is 23.7 Å². The first-order chi connectivity index (χ1) is 12.7. The van der Waals surface area contributed by atoms with E-state index in [1.54, 1.807) is 13.2 Å². The minimum atomic E-state index is 0.0524.